The summed E-state index contributed by atoms with van der Waals surface area (Å²) in [4.78, 5) is 0.254. The molecule has 11 heavy (non-hydrogen) atoms. The molecular weight excluding hydrogens is 169 g/mol. The Morgan fingerprint density at radius 2 is 1.91 bits per heavy atom. The van der Waals surface area contributed by atoms with Crippen LogP contribution in [0.4, 0.5) is 10.2 Å². The molecule has 1 atom stereocenters. The molecule has 0 bridgehead atoms. The maximum atomic E-state index is 11.7. The predicted molar refractivity (Wildman–Crippen MR) is 40.2 cm³/mol. The van der Waals surface area contributed by atoms with Gasteiger partial charge in [0.2, 0.25) is 0 Å². The second-order valence-electron chi connectivity index (χ2n) is 1.87. The molecule has 0 fully saturated rings. The molecular formula is C6H6FNO2S. The Balaban J connectivity index is 2.91. The molecule has 5 heteroatoms. The molecule has 0 aliphatic rings. The Labute approximate surface area is 65.5 Å². The van der Waals surface area contributed by atoms with Crippen LogP contribution in [0.15, 0.2) is 29.2 Å². The van der Waals surface area contributed by atoms with E-state index in [1.54, 1.807) is 0 Å². The average Bonchev–Trinajstić information content (AvgIpc) is 2.05. The lowest BCUT2D eigenvalue weighted by Gasteiger charge is -1.96. The summed E-state index contributed by atoms with van der Waals surface area (Å²) in [5, 5.41) is 0. The summed E-state index contributed by atoms with van der Waals surface area (Å²) >= 11 is -1.99. The molecule has 1 unspecified atom stereocenters. The number of benzene rings is 1. The summed E-state index contributed by atoms with van der Waals surface area (Å²) in [6.45, 7) is 0. The first-order valence-corrected chi connectivity index (χ1v) is 3.92. The minimum atomic E-state index is -1.99. The smallest absolute Gasteiger partial charge is 0.186 e. The van der Waals surface area contributed by atoms with E-state index in [9.17, 15) is 8.69 Å². The van der Waals surface area contributed by atoms with Crippen LogP contribution in [0.3, 0.4) is 0 Å². The third-order valence-electron chi connectivity index (χ3n) is 1.17. The maximum absolute atomic E-state index is 11.7. The van der Waals surface area contributed by atoms with Crippen molar-refractivity contribution in [2.75, 3.05) is 5.54 Å². The molecule has 60 valence electrons. The van der Waals surface area contributed by atoms with Crippen molar-refractivity contribution in [3.8, 4) is 0 Å². The molecule has 3 nitrogen and oxygen atoms in total. The first kappa shape index (κ1) is 8.16. The van der Waals surface area contributed by atoms with Crippen molar-refractivity contribution >= 4 is 16.8 Å². The maximum Gasteiger partial charge on any atom is 0.186 e. The van der Waals surface area contributed by atoms with Crippen LogP contribution >= 0.6 is 0 Å². The molecule has 0 aliphatic heterocycles. The van der Waals surface area contributed by atoms with Crippen LogP contribution in [-0.4, -0.2) is 8.76 Å². The summed E-state index contributed by atoms with van der Waals surface area (Å²) in [7, 11) is 0. The van der Waals surface area contributed by atoms with Crippen LogP contribution in [0.25, 0.3) is 0 Å². The second kappa shape index (κ2) is 3.45. The highest BCUT2D eigenvalue weighted by atomic mass is 32.2. The van der Waals surface area contributed by atoms with Crippen LogP contribution in [0.5, 0.6) is 0 Å². The van der Waals surface area contributed by atoms with Gasteiger partial charge in [0.1, 0.15) is 0 Å². The fraction of sp³-hybridized carbons (Fsp3) is 0. The molecule has 0 aliphatic carbocycles. The van der Waals surface area contributed by atoms with E-state index in [2.05, 4.69) is 0 Å². The van der Waals surface area contributed by atoms with Crippen molar-refractivity contribution in [1.82, 2.24) is 0 Å². The Morgan fingerprint density at radius 1 is 1.36 bits per heavy atom. The Kier molecular flexibility index (Phi) is 2.56. The minimum Gasteiger partial charge on any atom is -0.302 e. The quantitative estimate of drug-likeness (QED) is 0.529. The highest BCUT2D eigenvalue weighted by Gasteiger charge is 1.97. The fourth-order valence-corrected chi connectivity index (χ4v) is 1.00. The number of anilines is 1. The Morgan fingerprint density at radius 3 is 2.27 bits per heavy atom. The lowest BCUT2D eigenvalue weighted by atomic mass is 10.3. The third-order valence-corrected chi connectivity index (χ3v) is 1.84. The molecule has 0 saturated heterocycles. The van der Waals surface area contributed by atoms with Crippen molar-refractivity contribution < 1.29 is 13.2 Å². The molecule has 0 saturated carbocycles. The van der Waals surface area contributed by atoms with Gasteiger partial charge >= 0.3 is 0 Å². The summed E-state index contributed by atoms with van der Waals surface area (Å²) < 4.78 is 30.6. The van der Waals surface area contributed by atoms with Gasteiger partial charge in [0, 0.05) is 0 Å². The lowest BCUT2D eigenvalue weighted by molar-refractivity contribution is 0.564. The summed E-state index contributed by atoms with van der Waals surface area (Å²) in [6.07, 6.45) is 0. The summed E-state index contributed by atoms with van der Waals surface area (Å²) in [5.74, 6) is 0. The van der Waals surface area contributed by atoms with Gasteiger partial charge in [-0.25, -0.2) is 9.75 Å². The van der Waals surface area contributed by atoms with Gasteiger partial charge in [0.05, 0.1) is 10.6 Å². The number of hydrogen-bond donors (Lipinski definition) is 2. The average molecular weight is 175 g/mol. The van der Waals surface area contributed by atoms with E-state index in [0.717, 1.165) is 0 Å². The van der Waals surface area contributed by atoms with E-state index in [0.29, 0.717) is 0 Å². The van der Waals surface area contributed by atoms with Crippen LogP contribution in [0.2, 0.25) is 0 Å². The molecule has 0 radical (unpaired) electrons. The number of hydrogen-bond acceptors (Lipinski definition) is 2. The van der Waals surface area contributed by atoms with E-state index < -0.39 is 11.1 Å². The van der Waals surface area contributed by atoms with Crippen molar-refractivity contribution in [3.05, 3.63) is 24.3 Å². The molecule has 0 amide bonds. The van der Waals surface area contributed by atoms with Crippen molar-refractivity contribution in [3.63, 3.8) is 0 Å². The number of nitrogens with one attached hydrogen (secondary N) is 1. The zero-order chi connectivity index (χ0) is 8.27. The van der Waals surface area contributed by atoms with Crippen LogP contribution in [0.1, 0.15) is 0 Å². The van der Waals surface area contributed by atoms with E-state index in [4.69, 9.17) is 4.55 Å². The standard InChI is InChI=1S/C6H6FNO2S/c7-8-5-1-3-6(4-2-5)11(9)10/h1-4,8H,(H,9,10). The molecule has 1 aromatic rings. The number of halogens is 1. The van der Waals surface area contributed by atoms with E-state index in [-0.39, 0.29) is 10.6 Å². The largest absolute Gasteiger partial charge is 0.302 e. The lowest BCUT2D eigenvalue weighted by Crippen LogP contribution is -1.88. The summed E-state index contributed by atoms with van der Waals surface area (Å²) in [5.41, 5.74) is 1.68. The van der Waals surface area contributed by atoms with E-state index in [1.807, 2.05) is 0 Å². The van der Waals surface area contributed by atoms with Crippen molar-refractivity contribution in [2.24, 2.45) is 0 Å². The first-order chi connectivity index (χ1) is 5.24. The highest BCUT2D eigenvalue weighted by molar-refractivity contribution is 7.79. The molecule has 2 N–H and O–H groups in total. The van der Waals surface area contributed by atoms with Crippen LogP contribution in [0, 0.1) is 0 Å². The van der Waals surface area contributed by atoms with Gasteiger partial charge in [-0.2, -0.15) is 0 Å². The first-order valence-electron chi connectivity index (χ1n) is 2.81. The van der Waals surface area contributed by atoms with Gasteiger partial charge < -0.3 is 4.55 Å². The van der Waals surface area contributed by atoms with Gasteiger partial charge in [0.15, 0.2) is 11.1 Å². The number of rotatable bonds is 2. The second-order valence-corrected chi connectivity index (χ2v) is 2.84. The van der Waals surface area contributed by atoms with Gasteiger partial charge in [0.25, 0.3) is 0 Å². The molecule has 0 aromatic heterocycles. The molecule has 0 heterocycles. The Hall–Kier alpha value is -0.940. The third kappa shape index (κ3) is 1.99. The SMILES string of the molecule is O=S(O)c1ccc(NF)cc1. The predicted octanol–water partition coefficient (Wildman–Crippen LogP) is 1.56. The van der Waals surface area contributed by atoms with Crippen molar-refractivity contribution in [2.45, 2.75) is 4.90 Å². The zero-order valence-corrected chi connectivity index (χ0v) is 6.27. The van der Waals surface area contributed by atoms with E-state index >= 15 is 0 Å². The van der Waals surface area contributed by atoms with Crippen LogP contribution < -0.4 is 5.54 Å². The van der Waals surface area contributed by atoms with Gasteiger partial charge in [-0.15, -0.1) is 4.48 Å². The monoisotopic (exact) mass is 175 g/mol. The summed E-state index contributed by atoms with van der Waals surface area (Å²) in [6, 6.07) is 5.50. The zero-order valence-electron chi connectivity index (χ0n) is 5.45. The minimum absolute atomic E-state index is 0.254. The van der Waals surface area contributed by atoms with Crippen molar-refractivity contribution in [1.29, 1.82) is 0 Å². The highest BCUT2D eigenvalue weighted by Crippen LogP contribution is 2.11. The topological polar surface area (TPSA) is 49.3 Å². The van der Waals surface area contributed by atoms with Crippen LogP contribution in [-0.2, 0) is 11.1 Å². The molecule has 1 aromatic carbocycles. The fourth-order valence-electron chi connectivity index (χ4n) is 0.634. The van der Waals surface area contributed by atoms with Gasteiger partial charge in [-0.3, -0.25) is 0 Å². The van der Waals surface area contributed by atoms with E-state index in [1.165, 1.54) is 29.8 Å². The van der Waals surface area contributed by atoms with Gasteiger partial charge in [-0.05, 0) is 24.3 Å². The normalized spacial score (nSPS) is 12.5. The molecule has 1 rings (SSSR count). The Bertz CT molecular complexity index is 262. The van der Waals surface area contributed by atoms with Gasteiger partial charge in [-0.1, -0.05) is 0 Å². The molecule has 0 spiro atoms.